The molecule has 0 aromatic rings. The van der Waals surface area contributed by atoms with E-state index in [-0.39, 0.29) is 25.7 Å². The summed E-state index contributed by atoms with van der Waals surface area (Å²) in [6.07, 6.45) is 55.6. The fraction of sp³-hybridized carbons (Fsp3) is 0.949. The molecule has 0 saturated heterocycles. The molecule has 19 heteroatoms. The lowest BCUT2D eigenvalue weighted by Gasteiger charge is -2.21. The first-order chi connectivity index (χ1) is 46.7. The maximum atomic E-state index is 13.1. The minimum absolute atomic E-state index is 0.107. The van der Waals surface area contributed by atoms with Gasteiger partial charge in [0.05, 0.1) is 26.4 Å². The Balaban J connectivity index is 5.19. The van der Waals surface area contributed by atoms with Crippen LogP contribution in [0.25, 0.3) is 0 Å². The number of rotatable bonds is 76. The van der Waals surface area contributed by atoms with E-state index in [2.05, 4.69) is 48.5 Å². The molecule has 0 aromatic carbocycles. The molecule has 0 fully saturated rings. The van der Waals surface area contributed by atoms with Gasteiger partial charge in [0, 0.05) is 25.7 Å². The molecule has 17 nitrogen and oxygen atoms in total. The van der Waals surface area contributed by atoms with Gasteiger partial charge >= 0.3 is 39.5 Å². The van der Waals surface area contributed by atoms with Crippen LogP contribution < -0.4 is 0 Å². The Morgan fingerprint density at radius 3 is 0.701 bits per heavy atom. The molecule has 0 aromatic heterocycles. The van der Waals surface area contributed by atoms with Crippen LogP contribution in [0.1, 0.15) is 402 Å². The van der Waals surface area contributed by atoms with Crippen molar-refractivity contribution in [3.05, 3.63) is 0 Å². The standard InChI is InChI=1S/C78H152O17P2/c1-8-9-10-11-35-45-52-59-75(80)88-65-73(94-77(82)62-55-48-41-34-28-22-16-19-25-31-38-44-51-58-71(6)7)67-92-96(84,85)90-63-72(79)64-91-97(86,87)93-68-74(95-78(83)61-54-47-40-33-27-21-15-13-18-24-30-37-43-50-57-70(4)5)66-89-76(81)60-53-46-39-32-26-20-14-12-17-23-29-36-42-49-56-69(2)3/h69-74,79H,8-68H2,1-7H3,(H,84,85)(H,86,87)/t72-,73+,74+/m0/s1. The number of carbonyl (C=O) groups is 4. The van der Waals surface area contributed by atoms with Crippen LogP contribution in [0, 0.1) is 17.8 Å². The highest BCUT2D eigenvalue weighted by atomic mass is 31.2. The van der Waals surface area contributed by atoms with Crippen LogP contribution in [0.4, 0.5) is 0 Å². The number of ether oxygens (including phenoxy) is 4. The van der Waals surface area contributed by atoms with Crippen molar-refractivity contribution in [3.8, 4) is 0 Å². The van der Waals surface area contributed by atoms with Crippen LogP contribution in [0.15, 0.2) is 0 Å². The molecule has 0 aliphatic carbocycles. The van der Waals surface area contributed by atoms with Crippen molar-refractivity contribution in [2.75, 3.05) is 39.6 Å². The number of unbranched alkanes of at least 4 members (excludes halogenated alkanes) is 44. The van der Waals surface area contributed by atoms with Crippen molar-refractivity contribution in [1.82, 2.24) is 0 Å². The molecule has 0 bridgehead atoms. The first kappa shape index (κ1) is 95.1. The summed E-state index contributed by atoms with van der Waals surface area (Å²) in [6.45, 7) is 11.9. The van der Waals surface area contributed by atoms with Crippen LogP contribution in [-0.4, -0.2) is 96.7 Å². The van der Waals surface area contributed by atoms with Gasteiger partial charge < -0.3 is 33.8 Å². The summed E-state index contributed by atoms with van der Waals surface area (Å²) in [4.78, 5) is 72.8. The van der Waals surface area contributed by atoms with Gasteiger partial charge in [-0.15, -0.1) is 0 Å². The maximum Gasteiger partial charge on any atom is 0.472 e. The van der Waals surface area contributed by atoms with Gasteiger partial charge in [-0.2, -0.15) is 0 Å². The first-order valence-electron chi connectivity index (χ1n) is 40.3. The van der Waals surface area contributed by atoms with Crippen molar-refractivity contribution in [2.24, 2.45) is 17.8 Å². The largest absolute Gasteiger partial charge is 0.472 e. The number of hydrogen-bond donors (Lipinski definition) is 3. The number of phosphoric ester groups is 2. The third kappa shape index (κ3) is 72.2. The van der Waals surface area contributed by atoms with Crippen LogP contribution in [0.3, 0.4) is 0 Å². The van der Waals surface area contributed by atoms with Crippen molar-refractivity contribution in [1.29, 1.82) is 0 Å². The molecule has 5 atom stereocenters. The Kier molecular flexibility index (Phi) is 67.1. The summed E-state index contributed by atoms with van der Waals surface area (Å²) in [5.74, 6) is 0.263. The first-order valence-corrected chi connectivity index (χ1v) is 43.3. The van der Waals surface area contributed by atoms with Crippen LogP contribution in [-0.2, 0) is 65.4 Å². The highest BCUT2D eigenvalue weighted by Crippen LogP contribution is 2.45. The third-order valence-corrected chi connectivity index (χ3v) is 20.0. The van der Waals surface area contributed by atoms with E-state index in [9.17, 15) is 43.2 Å². The minimum atomic E-state index is -4.96. The molecule has 0 aliphatic heterocycles. The van der Waals surface area contributed by atoms with Gasteiger partial charge in [-0.05, 0) is 43.4 Å². The van der Waals surface area contributed by atoms with Gasteiger partial charge in [-0.3, -0.25) is 37.3 Å². The zero-order valence-corrected chi connectivity index (χ0v) is 65.3. The number of aliphatic hydroxyl groups excluding tert-OH is 1. The zero-order chi connectivity index (χ0) is 71.6. The molecular weight excluding hydrogens is 1270 g/mol. The lowest BCUT2D eigenvalue weighted by molar-refractivity contribution is -0.161. The molecular formula is C78H152O17P2. The summed E-state index contributed by atoms with van der Waals surface area (Å²) < 4.78 is 68.5. The van der Waals surface area contributed by atoms with E-state index in [1.165, 1.54) is 199 Å². The maximum absolute atomic E-state index is 13.1. The van der Waals surface area contributed by atoms with E-state index in [4.69, 9.17) is 37.0 Å². The second kappa shape index (κ2) is 68.5. The van der Waals surface area contributed by atoms with Gasteiger partial charge in [0.25, 0.3) is 0 Å². The van der Waals surface area contributed by atoms with Crippen LogP contribution >= 0.6 is 15.6 Å². The summed E-state index contributed by atoms with van der Waals surface area (Å²) in [7, 11) is -9.91. The normalized spacial score (nSPS) is 14.0. The van der Waals surface area contributed by atoms with E-state index in [1.807, 2.05) is 0 Å². The summed E-state index contributed by atoms with van der Waals surface area (Å²) in [5.41, 5.74) is 0. The quantitative estimate of drug-likeness (QED) is 0.0222. The lowest BCUT2D eigenvalue weighted by Crippen LogP contribution is -2.30. The minimum Gasteiger partial charge on any atom is -0.462 e. The molecule has 0 rings (SSSR count). The molecule has 0 amide bonds. The molecule has 2 unspecified atom stereocenters. The van der Waals surface area contributed by atoms with Crippen LogP contribution in [0.2, 0.25) is 0 Å². The monoisotopic (exact) mass is 1420 g/mol. The van der Waals surface area contributed by atoms with Crippen molar-refractivity contribution >= 4 is 39.5 Å². The second-order valence-corrected chi connectivity index (χ2v) is 32.4. The number of hydrogen-bond acceptors (Lipinski definition) is 15. The van der Waals surface area contributed by atoms with E-state index >= 15 is 0 Å². The molecule has 0 spiro atoms. The van der Waals surface area contributed by atoms with Gasteiger partial charge in [0.2, 0.25) is 0 Å². The zero-order valence-electron chi connectivity index (χ0n) is 63.5. The summed E-state index contributed by atoms with van der Waals surface area (Å²) in [6, 6.07) is 0. The van der Waals surface area contributed by atoms with Gasteiger partial charge in [-0.25, -0.2) is 9.13 Å². The Morgan fingerprint density at radius 2 is 0.474 bits per heavy atom. The highest BCUT2D eigenvalue weighted by molar-refractivity contribution is 7.47. The average Bonchev–Trinajstić information content (AvgIpc) is 1.18. The highest BCUT2D eigenvalue weighted by Gasteiger charge is 2.30. The number of carbonyl (C=O) groups excluding carboxylic acids is 4. The smallest absolute Gasteiger partial charge is 0.462 e. The average molecular weight is 1420 g/mol. The molecule has 3 N–H and O–H groups in total. The van der Waals surface area contributed by atoms with Gasteiger partial charge in [0.15, 0.2) is 12.2 Å². The van der Waals surface area contributed by atoms with Gasteiger partial charge in [-0.1, -0.05) is 350 Å². The second-order valence-electron chi connectivity index (χ2n) is 29.5. The Morgan fingerprint density at radius 1 is 0.278 bits per heavy atom. The molecule has 576 valence electrons. The Bertz CT molecular complexity index is 1890. The van der Waals surface area contributed by atoms with E-state index in [1.54, 1.807) is 0 Å². The molecule has 0 aliphatic rings. The Labute approximate surface area is 594 Å². The van der Waals surface area contributed by atoms with E-state index < -0.39 is 97.5 Å². The summed E-state index contributed by atoms with van der Waals surface area (Å²) >= 11 is 0. The SMILES string of the molecule is CCCCCCCCCC(=O)OC[C@H](COP(=O)(O)OC[C@H](O)COP(=O)(O)OC[C@@H](COC(=O)CCCCCCCCCCCCCCCCC(C)C)OC(=O)CCCCCCCCCCCCCCCCC(C)C)OC(=O)CCCCCCCCCCCCCCCC(C)C. The fourth-order valence-electron chi connectivity index (χ4n) is 12.0. The molecule has 0 saturated carbocycles. The van der Waals surface area contributed by atoms with E-state index in [0.29, 0.717) is 25.7 Å². The number of esters is 4. The van der Waals surface area contributed by atoms with Crippen LogP contribution in [0.5, 0.6) is 0 Å². The Hall–Kier alpha value is -1.94. The molecule has 0 radical (unpaired) electrons. The van der Waals surface area contributed by atoms with Crippen molar-refractivity contribution in [3.63, 3.8) is 0 Å². The molecule has 0 heterocycles. The number of phosphoric acid groups is 2. The van der Waals surface area contributed by atoms with Crippen molar-refractivity contribution in [2.45, 2.75) is 420 Å². The lowest BCUT2D eigenvalue weighted by atomic mass is 10.0. The topological polar surface area (TPSA) is 237 Å². The van der Waals surface area contributed by atoms with Gasteiger partial charge in [0.1, 0.15) is 19.3 Å². The predicted molar refractivity (Wildman–Crippen MR) is 395 cm³/mol. The third-order valence-electron chi connectivity index (χ3n) is 18.1. The van der Waals surface area contributed by atoms with E-state index in [0.717, 1.165) is 120 Å². The number of aliphatic hydroxyl groups is 1. The molecule has 97 heavy (non-hydrogen) atoms. The predicted octanol–water partition coefficient (Wildman–Crippen LogP) is 23.0. The fourth-order valence-corrected chi connectivity index (χ4v) is 13.5. The van der Waals surface area contributed by atoms with Crippen molar-refractivity contribution < 1.29 is 80.2 Å². The summed E-state index contributed by atoms with van der Waals surface area (Å²) in [5, 5.41) is 10.6.